The lowest BCUT2D eigenvalue weighted by Crippen LogP contribution is -2.40. The van der Waals surface area contributed by atoms with E-state index in [2.05, 4.69) is 25.7 Å². The van der Waals surface area contributed by atoms with E-state index in [-0.39, 0.29) is 12.1 Å². The zero-order valence-corrected chi connectivity index (χ0v) is 14.2. The Hall–Kier alpha value is -2.24. The van der Waals surface area contributed by atoms with Crippen LogP contribution in [0.5, 0.6) is 0 Å². The van der Waals surface area contributed by atoms with Gasteiger partial charge in [0.05, 0.1) is 17.3 Å². The summed E-state index contributed by atoms with van der Waals surface area (Å²) < 4.78 is 7.42. The molecule has 0 bridgehead atoms. The SMILES string of the molecule is Cc1cn2cccc2c(N2CCC(NC(=O)OC(C)(C)C)C2)n1. The summed E-state index contributed by atoms with van der Waals surface area (Å²) in [5, 5.41) is 2.95. The highest BCUT2D eigenvalue weighted by molar-refractivity contribution is 5.71. The number of ether oxygens (including phenoxy) is 1. The van der Waals surface area contributed by atoms with Crippen LogP contribution in [0.15, 0.2) is 24.5 Å². The topological polar surface area (TPSA) is 58.9 Å². The van der Waals surface area contributed by atoms with Gasteiger partial charge in [0.15, 0.2) is 5.82 Å². The number of anilines is 1. The number of rotatable bonds is 2. The van der Waals surface area contributed by atoms with Gasteiger partial charge in [-0.05, 0) is 46.2 Å². The zero-order valence-electron chi connectivity index (χ0n) is 14.2. The van der Waals surface area contributed by atoms with Crippen molar-refractivity contribution in [2.24, 2.45) is 0 Å². The molecular formula is C17H24N4O2. The van der Waals surface area contributed by atoms with E-state index in [1.54, 1.807) is 0 Å². The number of carbonyl (C=O) groups excluding carboxylic acids is 1. The lowest BCUT2D eigenvalue weighted by Gasteiger charge is -2.22. The smallest absolute Gasteiger partial charge is 0.407 e. The summed E-state index contributed by atoms with van der Waals surface area (Å²) in [5.41, 5.74) is 1.60. The molecule has 2 aromatic rings. The van der Waals surface area contributed by atoms with E-state index in [1.807, 2.05) is 46.2 Å². The van der Waals surface area contributed by atoms with Gasteiger partial charge in [-0.15, -0.1) is 0 Å². The van der Waals surface area contributed by atoms with Gasteiger partial charge in [0.1, 0.15) is 5.60 Å². The summed E-state index contributed by atoms with van der Waals surface area (Å²) in [5.74, 6) is 0.975. The number of nitrogens with zero attached hydrogens (tertiary/aromatic N) is 3. The van der Waals surface area contributed by atoms with Gasteiger partial charge in [0.2, 0.25) is 0 Å². The predicted octanol–water partition coefficient (Wildman–Crippen LogP) is 2.75. The van der Waals surface area contributed by atoms with Crippen LogP contribution < -0.4 is 10.2 Å². The van der Waals surface area contributed by atoms with Gasteiger partial charge >= 0.3 is 6.09 Å². The van der Waals surface area contributed by atoms with Gasteiger partial charge in [-0.3, -0.25) is 0 Å². The molecule has 1 saturated heterocycles. The number of alkyl carbamates (subject to hydrolysis) is 1. The average Bonchev–Trinajstić information content (AvgIpc) is 3.03. The van der Waals surface area contributed by atoms with Crippen LogP contribution >= 0.6 is 0 Å². The second-order valence-corrected chi connectivity index (χ2v) is 7.08. The molecule has 0 radical (unpaired) electrons. The minimum Gasteiger partial charge on any atom is -0.444 e. The van der Waals surface area contributed by atoms with Gasteiger partial charge in [0.25, 0.3) is 0 Å². The molecule has 0 saturated carbocycles. The Morgan fingerprint density at radius 1 is 1.43 bits per heavy atom. The third-order valence-electron chi connectivity index (χ3n) is 3.82. The molecule has 1 N–H and O–H groups in total. The lowest BCUT2D eigenvalue weighted by atomic mass is 10.2. The van der Waals surface area contributed by atoms with Crippen LogP contribution in [0.4, 0.5) is 10.6 Å². The molecular weight excluding hydrogens is 292 g/mol. The van der Waals surface area contributed by atoms with E-state index in [1.165, 1.54) is 0 Å². The number of amides is 1. The number of nitrogens with one attached hydrogen (secondary N) is 1. The summed E-state index contributed by atoms with van der Waals surface area (Å²) in [6.07, 6.45) is 4.59. The first-order valence-corrected chi connectivity index (χ1v) is 8.00. The Labute approximate surface area is 136 Å². The van der Waals surface area contributed by atoms with Crippen molar-refractivity contribution in [1.29, 1.82) is 0 Å². The van der Waals surface area contributed by atoms with Crippen LogP contribution in [0, 0.1) is 6.92 Å². The Bertz CT molecular complexity index is 717. The number of aryl methyl sites for hydroxylation is 1. The highest BCUT2D eigenvalue weighted by Crippen LogP contribution is 2.24. The van der Waals surface area contributed by atoms with Crippen molar-refractivity contribution in [3.63, 3.8) is 0 Å². The molecule has 0 aliphatic carbocycles. The van der Waals surface area contributed by atoms with Crippen LogP contribution in [0.2, 0.25) is 0 Å². The number of hydrogen-bond acceptors (Lipinski definition) is 4. The Morgan fingerprint density at radius 2 is 2.22 bits per heavy atom. The Kier molecular flexibility index (Phi) is 3.92. The van der Waals surface area contributed by atoms with Gasteiger partial charge in [-0.2, -0.15) is 0 Å². The van der Waals surface area contributed by atoms with Crippen molar-refractivity contribution in [3.05, 3.63) is 30.2 Å². The third-order valence-corrected chi connectivity index (χ3v) is 3.82. The first-order chi connectivity index (χ1) is 10.8. The number of hydrogen-bond donors (Lipinski definition) is 1. The number of aromatic nitrogens is 2. The molecule has 6 nitrogen and oxygen atoms in total. The largest absolute Gasteiger partial charge is 0.444 e. The fraction of sp³-hybridized carbons (Fsp3) is 0.529. The van der Waals surface area contributed by atoms with Gasteiger partial charge in [0, 0.05) is 25.5 Å². The molecule has 3 heterocycles. The first kappa shape index (κ1) is 15.6. The monoisotopic (exact) mass is 316 g/mol. The molecule has 1 unspecified atom stereocenters. The number of carbonyl (C=O) groups is 1. The summed E-state index contributed by atoms with van der Waals surface area (Å²) in [7, 11) is 0. The Balaban J connectivity index is 1.70. The normalized spacial score (nSPS) is 18.4. The molecule has 1 atom stereocenters. The number of fused-ring (bicyclic) bond motifs is 1. The van der Waals surface area contributed by atoms with Crippen molar-refractivity contribution < 1.29 is 9.53 Å². The van der Waals surface area contributed by atoms with E-state index < -0.39 is 5.60 Å². The summed E-state index contributed by atoms with van der Waals surface area (Å²) >= 11 is 0. The van der Waals surface area contributed by atoms with E-state index in [4.69, 9.17) is 4.74 Å². The van der Waals surface area contributed by atoms with Gasteiger partial charge in [-0.1, -0.05) is 0 Å². The van der Waals surface area contributed by atoms with Crippen LogP contribution in [0.1, 0.15) is 32.9 Å². The molecule has 1 amide bonds. The second-order valence-electron chi connectivity index (χ2n) is 7.08. The first-order valence-electron chi connectivity index (χ1n) is 8.00. The fourth-order valence-corrected chi connectivity index (χ4v) is 2.93. The molecule has 1 aliphatic heterocycles. The maximum absolute atomic E-state index is 11.9. The highest BCUT2D eigenvalue weighted by atomic mass is 16.6. The molecule has 0 aromatic carbocycles. The molecule has 1 fully saturated rings. The van der Waals surface area contributed by atoms with Crippen LogP contribution in [-0.2, 0) is 4.74 Å². The van der Waals surface area contributed by atoms with E-state index in [0.717, 1.165) is 36.5 Å². The highest BCUT2D eigenvalue weighted by Gasteiger charge is 2.28. The van der Waals surface area contributed by atoms with Gasteiger partial charge in [-0.25, -0.2) is 9.78 Å². The van der Waals surface area contributed by atoms with Crippen molar-refractivity contribution in [3.8, 4) is 0 Å². The van der Waals surface area contributed by atoms with E-state index in [0.29, 0.717) is 0 Å². The van der Waals surface area contributed by atoms with Crippen LogP contribution in [-0.4, -0.2) is 40.2 Å². The van der Waals surface area contributed by atoms with E-state index in [9.17, 15) is 4.79 Å². The molecule has 3 rings (SSSR count). The molecule has 124 valence electrons. The van der Waals surface area contributed by atoms with Crippen molar-refractivity contribution in [2.75, 3.05) is 18.0 Å². The quantitative estimate of drug-likeness (QED) is 0.925. The molecule has 1 aliphatic rings. The Morgan fingerprint density at radius 3 is 2.96 bits per heavy atom. The van der Waals surface area contributed by atoms with Crippen LogP contribution in [0.25, 0.3) is 5.52 Å². The van der Waals surface area contributed by atoms with Crippen molar-refractivity contribution in [1.82, 2.24) is 14.7 Å². The molecule has 6 heteroatoms. The summed E-state index contributed by atoms with van der Waals surface area (Å²) in [6, 6.07) is 4.17. The maximum atomic E-state index is 11.9. The van der Waals surface area contributed by atoms with Gasteiger partial charge < -0.3 is 19.4 Å². The molecule has 23 heavy (non-hydrogen) atoms. The second kappa shape index (κ2) is 5.76. The minimum absolute atomic E-state index is 0.0853. The van der Waals surface area contributed by atoms with E-state index >= 15 is 0 Å². The van der Waals surface area contributed by atoms with Crippen molar-refractivity contribution in [2.45, 2.75) is 45.8 Å². The molecule has 2 aromatic heterocycles. The summed E-state index contributed by atoms with van der Waals surface area (Å²) in [4.78, 5) is 18.8. The van der Waals surface area contributed by atoms with Crippen LogP contribution in [0.3, 0.4) is 0 Å². The standard InChI is InChI=1S/C17H24N4O2/c1-12-10-20-8-5-6-14(20)15(18-12)21-9-7-13(11-21)19-16(22)23-17(2,3)4/h5-6,8,10,13H,7,9,11H2,1-4H3,(H,19,22). The predicted molar refractivity (Wildman–Crippen MR) is 89.9 cm³/mol. The third kappa shape index (κ3) is 3.57. The summed E-state index contributed by atoms with van der Waals surface area (Å²) in [6.45, 7) is 9.22. The van der Waals surface area contributed by atoms with Crippen molar-refractivity contribution >= 4 is 17.4 Å². The average molecular weight is 316 g/mol. The zero-order chi connectivity index (χ0) is 16.6. The minimum atomic E-state index is -0.474. The maximum Gasteiger partial charge on any atom is 0.407 e. The fourth-order valence-electron chi connectivity index (χ4n) is 2.93. The molecule has 0 spiro atoms. The lowest BCUT2D eigenvalue weighted by molar-refractivity contribution is 0.0509.